The molecule has 1 fully saturated rings. The Hall–Kier alpha value is -3.00. The van der Waals surface area contributed by atoms with Gasteiger partial charge < -0.3 is 10.2 Å². The van der Waals surface area contributed by atoms with Crippen LogP contribution in [-0.4, -0.2) is 44.4 Å². The number of amides is 1. The zero-order chi connectivity index (χ0) is 20.9. The predicted octanol–water partition coefficient (Wildman–Crippen LogP) is 3.10. The number of rotatable bonds is 7. The molecule has 0 saturated carbocycles. The number of amidine groups is 1. The van der Waals surface area contributed by atoms with Gasteiger partial charge in [0.1, 0.15) is 5.84 Å². The molecular weight excluding hydrogens is 390 g/mol. The van der Waals surface area contributed by atoms with Crippen LogP contribution in [0.1, 0.15) is 36.0 Å². The maximum Gasteiger partial charge on any atom is 0.284 e. The first-order valence-corrected chi connectivity index (χ1v) is 10.8. The highest BCUT2D eigenvalue weighted by Gasteiger charge is 2.20. The van der Waals surface area contributed by atoms with E-state index in [9.17, 15) is 18.0 Å². The highest BCUT2D eigenvalue weighted by atomic mass is 32.2. The number of hydrogen-bond acceptors (Lipinski definition) is 4. The molecule has 0 bridgehead atoms. The number of nitrogens with zero attached hydrogens (tertiary/aromatic N) is 2. The van der Waals surface area contributed by atoms with E-state index in [2.05, 4.69) is 9.71 Å². The number of likely N-dealkylation sites (tertiary alicyclic amines) is 1. The van der Waals surface area contributed by atoms with E-state index in [-0.39, 0.29) is 29.4 Å². The van der Waals surface area contributed by atoms with E-state index in [0.29, 0.717) is 23.5 Å². The molecule has 2 aromatic rings. The maximum absolute atomic E-state index is 12.6. The lowest BCUT2D eigenvalue weighted by molar-refractivity contribution is -0.116. The van der Waals surface area contributed by atoms with Crippen molar-refractivity contribution in [2.45, 2.75) is 30.6 Å². The van der Waals surface area contributed by atoms with Gasteiger partial charge in [0.25, 0.3) is 10.0 Å². The van der Waals surface area contributed by atoms with Gasteiger partial charge >= 0.3 is 0 Å². The van der Waals surface area contributed by atoms with Crippen LogP contribution in [0.15, 0.2) is 63.9 Å². The number of nitrogens with one attached hydrogen (secondary N) is 1. The topological polar surface area (TPSA) is 95.9 Å². The summed E-state index contributed by atoms with van der Waals surface area (Å²) in [6.07, 6.45) is 1.59. The highest BCUT2D eigenvalue weighted by Crippen LogP contribution is 2.20. The van der Waals surface area contributed by atoms with Gasteiger partial charge in [-0.25, -0.2) is 0 Å². The summed E-state index contributed by atoms with van der Waals surface area (Å²) in [6, 6.07) is 14.8. The molecule has 0 aliphatic carbocycles. The Labute approximate surface area is 170 Å². The van der Waals surface area contributed by atoms with Crippen molar-refractivity contribution in [3.8, 4) is 0 Å². The van der Waals surface area contributed by atoms with Crippen LogP contribution < -0.4 is 5.32 Å². The lowest BCUT2D eigenvalue weighted by Crippen LogP contribution is -2.20. The minimum atomic E-state index is -3.86. The summed E-state index contributed by atoms with van der Waals surface area (Å²) >= 11 is 0. The van der Waals surface area contributed by atoms with Crippen molar-refractivity contribution < 1.29 is 18.0 Å². The average Bonchev–Trinajstić information content (AvgIpc) is 3.11. The second-order valence-electron chi connectivity index (χ2n) is 6.87. The van der Waals surface area contributed by atoms with Crippen molar-refractivity contribution in [3.63, 3.8) is 0 Å². The molecule has 1 aliphatic heterocycles. The monoisotopic (exact) mass is 413 g/mol. The fourth-order valence-corrected chi connectivity index (χ4v) is 4.19. The molecule has 1 saturated heterocycles. The minimum absolute atomic E-state index is 0.0117. The number of carbonyl (C=O) groups excluding carboxylic acids is 2. The van der Waals surface area contributed by atoms with Crippen LogP contribution in [0.2, 0.25) is 0 Å². The van der Waals surface area contributed by atoms with Gasteiger partial charge in [0.15, 0.2) is 5.78 Å². The van der Waals surface area contributed by atoms with Gasteiger partial charge in [0.2, 0.25) is 5.91 Å². The highest BCUT2D eigenvalue weighted by molar-refractivity contribution is 7.90. The molecule has 1 heterocycles. The average molecular weight is 413 g/mol. The Kier molecular flexibility index (Phi) is 6.43. The minimum Gasteiger partial charge on any atom is -0.362 e. The first-order chi connectivity index (χ1) is 13.8. The first kappa shape index (κ1) is 20.7. The molecule has 1 N–H and O–H groups in total. The number of ketones is 1. The molecule has 0 aromatic heterocycles. The molecule has 0 unspecified atom stereocenters. The zero-order valence-electron chi connectivity index (χ0n) is 16.2. The van der Waals surface area contributed by atoms with Crippen LogP contribution in [0.25, 0.3) is 0 Å². The van der Waals surface area contributed by atoms with E-state index < -0.39 is 10.0 Å². The number of benzene rings is 2. The number of carbonyl (C=O) groups is 2. The normalized spacial score (nSPS) is 15.5. The molecule has 8 heteroatoms. The predicted molar refractivity (Wildman–Crippen MR) is 112 cm³/mol. The molecule has 152 valence electrons. The summed E-state index contributed by atoms with van der Waals surface area (Å²) in [7, 11) is -2.04. The summed E-state index contributed by atoms with van der Waals surface area (Å²) < 4.78 is 29.1. The fraction of sp³-hybridized carbons (Fsp3) is 0.286. The van der Waals surface area contributed by atoms with Crippen LogP contribution in [-0.2, 0) is 14.8 Å². The van der Waals surface area contributed by atoms with Gasteiger partial charge in [-0.1, -0.05) is 36.4 Å². The fourth-order valence-electron chi connectivity index (χ4n) is 3.05. The molecule has 0 radical (unpaired) electrons. The van der Waals surface area contributed by atoms with Crippen molar-refractivity contribution >= 4 is 33.2 Å². The van der Waals surface area contributed by atoms with Gasteiger partial charge in [0.05, 0.1) is 4.90 Å². The quantitative estimate of drug-likeness (QED) is 0.704. The van der Waals surface area contributed by atoms with Crippen molar-refractivity contribution in [1.29, 1.82) is 0 Å². The number of Topliss-reactive ketones (excluding diaryl/α,β-unsaturated/α-hetero) is 1. The van der Waals surface area contributed by atoms with Crippen molar-refractivity contribution in [2.24, 2.45) is 4.40 Å². The largest absolute Gasteiger partial charge is 0.362 e. The molecule has 2 aromatic carbocycles. The lowest BCUT2D eigenvalue weighted by atomic mass is 10.1. The third-order valence-electron chi connectivity index (χ3n) is 4.65. The van der Waals surface area contributed by atoms with Crippen molar-refractivity contribution in [3.05, 3.63) is 60.2 Å². The molecule has 7 nitrogen and oxygen atoms in total. The maximum atomic E-state index is 12.6. The van der Waals surface area contributed by atoms with Crippen LogP contribution in [0.3, 0.4) is 0 Å². The molecule has 29 heavy (non-hydrogen) atoms. The summed E-state index contributed by atoms with van der Waals surface area (Å²) in [5.74, 6) is 0.0677. The SMILES string of the molecule is CN1CCCC1=NS(=O)(=O)c1cccc(NC(=O)CCC(=O)c2ccccc2)c1. The van der Waals surface area contributed by atoms with Crippen molar-refractivity contribution in [1.82, 2.24) is 4.90 Å². The summed E-state index contributed by atoms with van der Waals surface area (Å²) in [4.78, 5) is 26.1. The van der Waals surface area contributed by atoms with Gasteiger partial charge in [-0.2, -0.15) is 8.42 Å². The summed E-state index contributed by atoms with van der Waals surface area (Å²) in [5.41, 5.74) is 0.910. The van der Waals surface area contributed by atoms with E-state index in [1.165, 1.54) is 12.1 Å². The molecule has 1 amide bonds. The lowest BCUT2D eigenvalue weighted by Gasteiger charge is -2.11. The van der Waals surface area contributed by atoms with Gasteiger partial charge in [-0.15, -0.1) is 4.40 Å². The van der Waals surface area contributed by atoms with Gasteiger partial charge in [-0.3, -0.25) is 9.59 Å². The van der Waals surface area contributed by atoms with E-state index in [0.717, 1.165) is 13.0 Å². The Morgan fingerprint density at radius 3 is 2.52 bits per heavy atom. The van der Waals surface area contributed by atoms with E-state index >= 15 is 0 Å². The summed E-state index contributed by atoms with van der Waals surface area (Å²) in [5, 5.41) is 2.65. The number of sulfonamides is 1. The Bertz CT molecular complexity index is 1030. The smallest absolute Gasteiger partial charge is 0.284 e. The van der Waals surface area contributed by atoms with Crippen LogP contribution in [0.5, 0.6) is 0 Å². The second kappa shape index (κ2) is 9.00. The third-order valence-corrected chi connectivity index (χ3v) is 5.95. The van der Waals surface area contributed by atoms with Crippen LogP contribution >= 0.6 is 0 Å². The molecular formula is C21H23N3O4S. The van der Waals surface area contributed by atoms with Crippen LogP contribution in [0.4, 0.5) is 5.69 Å². The first-order valence-electron chi connectivity index (χ1n) is 9.38. The second-order valence-corrected chi connectivity index (χ2v) is 8.48. The molecule has 1 aliphatic rings. The summed E-state index contributed by atoms with van der Waals surface area (Å²) in [6.45, 7) is 0.784. The van der Waals surface area contributed by atoms with Crippen molar-refractivity contribution in [2.75, 3.05) is 18.9 Å². The van der Waals surface area contributed by atoms with Gasteiger partial charge in [0, 0.05) is 44.1 Å². The number of hydrogen-bond donors (Lipinski definition) is 1. The van der Waals surface area contributed by atoms with Gasteiger partial charge in [-0.05, 0) is 24.6 Å². The third kappa shape index (κ3) is 5.51. The zero-order valence-corrected chi connectivity index (χ0v) is 17.0. The molecule has 0 atom stereocenters. The Morgan fingerprint density at radius 1 is 1.07 bits per heavy atom. The Morgan fingerprint density at radius 2 is 1.83 bits per heavy atom. The van der Waals surface area contributed by atoms with E-state index in [1.807, 2.05) is 18.0 Å². The standard InChI is InChI=1S/C21H23N3O4S/c1-24-14-6-11-20(24)23-29(27,28)18-10-5-9-17(15-18)22-21(26)13-12-19(25)16-7-3-2-4-8-16/h2-5,7-10,15H,6,11-14H2,1H3,(H,22,26). The van der Waals surface area contributed by atoms with Crippen LogP contribution in [0, 0.1) is 0 Å². The Balaban J connectivity index is 1.63. The number of anilines is 1. The molecule has 0 spiro atoms. The van der Waals surface area contributed by atoms with E-state index in [1.54, 1.807) is 36.4 Å². The molecule has 3 rings (SSSR count). The van der Waals surface area contributed by atoms with E-state index in [4.69, 9.17) is 0 Å².